The van der Waals surface area contributed by atoms with E-state index < -0.39 is 17.6 Å². The molecule has 2 unspecified atom stereocenters. The van der Waals surface area contributed by atoms with Crippen LogP contribution in [0, 0.1) is 0 Å². The van der Waals surface area contributed by atoms with Crippen LogP contribution in [0.2, 0.25) is 12.1 Å². The molecule has 15 heteroatoms. The predicted molar refractivity (Wildman–Crippen MR) is 191 cm³/mol. The van der Waals surface area contributed by atoms with Crippen LogP contribution in [0.1, 0.15) is 93.9 Å². The molecule has 0 radical (unpaired) electrons. The molecule has 0 aliphatic carbocycles. The summed E-state index contributed by atoms with van der Waals surface area (Å²) in [5, 5.41) is 0.777. The van der Waals surface area contributed by atoms with E-state index in [1.807, 2.05) is 70.7 Å². The highest BCUT2D eigenvalue weighted by Crippen LogP contribution is 2.57. The van der Waals surface area contributed by atoms with Crippen molar-refractivity contribution in [3.05, 3.63) is 0 Å². The lowest BCUT2D eigenvalue weighted by molar-refractivity contribution is 0.0588. The molecule has 0 bridgehead atoms. The van der Waals surface area contributed by atoms with Crippen LogP contribution in [0.4, 0.5) is 0 Å². The van der Waals surface area contributed by atoms with E-state index in [-0.39, 0.29) is 0 Å². The topological polar surface area (TPSA) is 55.4 Å². The number of rotatable bonds is 30. The minimum Gasteiger partial charge on any atom is -0.373 e. The number of hydrogen-bond donors (Lipinski definition) is 0. The molecule has 2 atom stereocenters. The standard InChI is InChI=1S/C24H54O6S7Si2/c1-9-15-25-38(26-16-10-2,27-17-11-3)21-23(7)31-33-35-37-36-34-32-24(8)22-39(28-18-12-4,29-19-13-5)30-20-14-6/h23-24H,9-22H2,1-8H3. The summed E-state index contributed by atoms with van der Waals surface area (Å²) in [4.78, 5) is 0. The highest BCUT2D eigenvalue weighted by Gasteiger charge is 2.43. The van der Waals surface area contributed by atoms with Crippen LogP contribution in [0.3, 0.4) is 0 Å². The largest absolute Gasteiger partial charge is 0.502 e. The summed E-state index contributed by atoms with van der Waals surface area (Å²) < 4.78 is 37.6. The molecule has 0 fully saturated rings. The van der Waals surface area contributed by atoms with Gasteiger partial charge in [-0.1, -0.05) is 77.0 Å². The third-order valence-electron chi connectivity index (χ3n) is 4.75. The van der Waals surface area contributed by atoms with E-state index in [9.17, 15) is 0 Å². The van der Waals surface area contributed by atoms with E-state index in [0.29, 0.717) is 50.1 Å². The molecule has 0 rings (SSSR count). The second kappa shape index (κ2) is 28.1. The molecule has 236 valence electrons. The molecule has 0 heterocycles. The van der Waals surface area contributed by atoms with E-state index in [1.165, 1.54) is 0 Å². The lowest BCUT2D eigenvalue weighted by Crippen LogP contribution is -2.48. The molecule has 0 amide bonds. The van der Waals surface area contributed by atoms with Crippen molar-refractivity contribution in [2.24, 2.45) is 0 Å². The first-order valence-electron chi connectivity index (χ1n) is 14.3. The zero-order valence-corrected chi connectivity index (χ0v) is 33.1. The normalized spacial score (nSPS) is 14.2. The minimum atomic E-state index is -2.65. The molecule has 0 aromatic carbocycles. The van der Waals surface area contributed by atoms with Crippen molar-refractivity contribution in [2.75, 3.05) is 39.6 Å². The summed E-state index contributed by atoms with van der Waals surface area (Å²) in [6.07, 6.45) is 5.84. The lowest BCUT2D eigenvalue weighted by Gasteiger charge is -2.31. The van der Waals surface area contributed by atoms with Gasteiger partial charge in [0.25, 0.3) is 0 Å². The van der Waals surface area contributed by atoms with Gasteiger partial charge < -0.3 is 26.6 Å². The molecule has 39 heavy (non-hydrogen) atoms. The molecule has 0 aliphatic rings. The SMILES string of the molecule is CCCO[Si](CC(C)SSSSSSSC(C)C[Si](OCCC)(OCCC)OCCC)(OCCC)OCCC. The molecule has 0 saturated carbocycles. The molecule has 0 aromatic rings. The van der Waals surface area contributed by atoms with Gasteiger partial charge in [0.05, 0.1) is 0 Å². The van der Waals surface area contributed by atoms with Crippen molar-refractivity contribution >= 4 is 88.3 Å². The smallest absolute Gasteiger partial charge is 0.373 e. The van der Waals surface area contributed by atoms with Gasteiger partial charge in [-0.15, -0.1) is 0 Å². The highest BCUT2D eigenvalue weighted by atomic mass is 33.9. The first kappa shape index (κ1) is 41.6. The molecular formula is C24H54O6S7Si2. The molecule has 0 aromatic heterocycles. The number of hydrogen-bond acceptors (Lipinski definition) is 13. The van der Waals surface area contributed by atoms with E-state index in [0.717, 1.165) is 50.6 Å². The lowest BCUT2D eigenvalue weighted by atomic mass is 10.5. The zero-order valence-electron chi connectivity index (χ0n) is 25.4. The van der Waals surface area contributed by atoms with Crippen LogP contribution >= 0.6 is 70.7 Å². The third kappa shape index (κ3) is 21.9. The Hall–Kier alpha value is 2.64. The van der Waals surface area contributed by atoms with Gasteiger partial charge in [-0.25, -0.2) is 0 Å². The maximum Gasteiger partial charge on any atom is 0.502 e. The fourth-order valence-corrected chi connectivity index (χ4v) is 26.1. The monoisotopic (exact) mass is 718 g/mol. The summed E-state index contributed by atoms with van der Waals surface area (Å²) in [5.74, 6) is 0. The summed E-state index contributed by atoms with van der Waals surface area (Å²) in [6, 6.07) is 1.69. The Morgan fingerprint density at radius 2 is 0.641 bits per heavy atom. The minimum absolute atomic E-state index is 0.389. The quantitative estimate of drug-likeness (QED) is 0.0403. The summed E-state index contributed by atoms with van der Waals surface area (Å²) >= 11 is 0. The van der Waals surface area contributed by atoms with Gasteiger partial charge in [0.2, 0.25) is 0 Å². The molecule has 0 saturated heterocycles. The maximum atomic E-state index is 6.26. The Morgan fingerprint density at radius 1 is 0.410 bits per heavy atom. The Bertz CT molecular complexity index is 462. The van der Waals surface area contributed by atoms with E-state index in [1.54, 1.807) is 0 Å². The van der Waals surface area contributed by atoms with Crippen LogP contribution < -0.4 is 0 Å². The Labute approximate surface area is 269 Å². The van der Waals surface area contributed by atoms with Crippen LogP contribution in [0.15, 0.2) is 0 Å². The average Bonchev–Trinajstić information content (AvgIpc) is 2.93. The second-order valence-corrected chi connectivity index (χ2v) is 26.3. The van der Waals surface area contributed by atoms with Gasteiger partial charge >= 0.3 is 17.6 Å². The molecular weight excluding hydrogens is 665 g/mol. The predicted octanol–water partition coefficient (Wildman–Crippen LogP) is 10.8. The van der Waals surface area contributed by atoms with Gasteiger partial charge in [-0.3, -0.25) is 0 Å². The van der Waals surface area contributed by atoms with Gasteiger partial charge in [-0.2, -0.15) is 0 Å². The van der Waals surface area contributed by atoms with Crippen molar-refractivity contribution in [3.8, 4) is 0 Å². The summed E-state index contributed by atoms with van der Waals surface area (Å²) in [7, 11) is 7.54. The van der Waals surface area contributed by atoms with Gasteiger partial charge in [0.15, 0.2) is 0 Å². The van der Waals surface area contributed by atoms with Crippen LogP contribution in [0.25, 0.3) is 0 Å². The third-order valence-corrected chi connectivity index (χ3v) is 25.3. The molecule has 6 nitrogen and oxygen atoms in total. The van der Waals surface area contributed by atoms with Crippen LogP contribution in [-0.4, -0.2) is 67.8 Å². The Morgan fingerprint density at radius 3 is 0.872 bits per heavy atom. The maximum absolute atomic E-state index is 6.26. The average molecular weight is 719 g/mol. The molecule has 0 spiro atoms. The highest BCUT2D eigenvalue weighted by molar-refractivity contribution is 9.46. The van der Waals surface area contributed by atoms with Crippen LogP contribution in [-0.2, 0) is 26.6 Å². The first-order valence-corrected chi connectivity index (χ1v) is 27.2. The van der Waals surface area contributed by atoms with Crippen molar-refractivity contribution < 1.29 is 26.6 Å². The van der Waals surface area contributed by atoms with Gasteiger partial charge in [0.1, 0.15) is 0 Å². The van der Waals surface area contributed by atoms with E-state index in [4.69, 9.17) is 26.6 Å². The van der Waals surface area contributed by atoms with E-state index >= 15 is 0 Å². The first-order chi connectivity index (χ1) is 18.9. The molecule has 0 aliphatic heterocycles. The Kier molecular flexibility index (Phi) is 30.0. The van der Waals surface area contributed by atoms with Crippen molar-refractivity contribution in [3.63, 3.8) is 0 Å². The second-order valence-electron chi connectivity index (χ2n) is 9.02. The van der Waals surface area contributed by atoms with Crippen molar-refractivity contribution in [1.82, 2.24) is 0 Å². The van der Waals surface area contributed by atoms with Crippen molar-refractivity contribution in [1.29, 1.82) is 0 Å². The summed E-state index contributed by atoms with van der Waals surface area (Å²) in [6.45, 7) is 21.5. The van der Waals surface area contributed by atoms with Crippen molar-refractivity contribution in [2.45, 2.75) is 117 Å². The van der Waals surface area contributed by atoms with Gasteiger partial charge in [-0.05, 0) is 87.7 Å². The molecule has 0 N–H and O–H groups in total. The fourth-order valence-electron chi connectivity index (χ4n) is 3.12. The fraction of sp³-hybridized carbons (Fsp3) is 1.00. The summed E-state index contributed by atoms with van der Waals surface area (Å²) in [5.41, 5.74) is 0. The van der Waals surface area contributed by atoms with E-state index in [2.05, 4.69) is 55.4 Å². The van der Waals surface area contributed by atoms with Gasteiger partial charge in [0, 0.05) is 62.2 Å². The zero-order chi connectivity index (χ0) is 29.2. The Balaban J connectivity index is 4.52. The van der Waals surface area contributed by atoms with Crippen LogP contribution in [0.5, 0.6) is 0 Å².